The maximum atomic E-state index is 12.6. The van der Waals surface area contributed by atoms with E-state index in [1.54, 1.807) is 11.9 Å². The number of anilines is 1. The number of piperazine rings is 1. The van der Waals surface area contributed by atoms with Crippen molar-refractivity contribution in [2.24, 2.45) is 7.05 Å². The van der Waals surface area contributed by atoms with Gasteiger partial charge in [-0.25, -0.2) is 18.2 Å². The predicted octanol–water partition coefficient (Wildman–Crippen LogP) is -0.962. The van der Waals surface area contributed by atoms with Gasteiger partial charge in [-0.05, 0) is 6.92 Å². The summed E-state index contributed by atoms with van der Waals surface area (Å²) in [4.78, 5) is 17.1. The van der Waals surface area contributed by atoms with Gasteiger partial charge in [-0.15, -0.1) is 0 Å². The van der Waals surface area contributed by atoms with E-state index >= 15 is 0 Å². The Kier molecular flexibility index (Phi) is 4.37. The molecule has 0 unspecified atom stereocenters. The summed E-state index contributed by atoms with van der Waals surface area (Å²) in [5, 5.41) is 2.69. The first-order chi connectivity index (χ1) is 9.87. The normalized spacial score (nSPS) is 17.0. The molecule has 0 spiro atoms. The van der Waals surface area contributed by atoms with Crippen molar-refractivity contribution in [2.45, 2.75) is 11.9 Å². The molecule has 1 saturated heterocycles. The number of carbonyl (C=O) groups excluding carboxylic acids is 1. The Labute approximate surface area is 123 Å². The molecule has 10 heteroatoms. The summed E-state index contributed by atoms with van der Waals surface area (Å²) < 4.78 is 27.8. The number of nitrogens with zero attached hydrogens (tertiary/aromatic N) is 4. The highest BCUT2D eigenvalue weighted by Gasteiger charge is 2.33. The van der Waals surface area contributed by atoms with Gasteiger partial charge < -0.3 is 20.5 Å². The minimum absolute atomic E-state index is 0.00559. The van der Waals surface area contributed by atoms with Crippen LogP contribution >= 0.6 is 0 Å². The zero-order valence-electron chi connectivity index (χ0n) is 12.1. The van der Waals surface area contributed by atoms with Gasteiger partial charge in [0.05, 0.1) is 6.33 Å². The van der Waals surface area contributed by atoms with E-state index in [0.717, 1.165) is 0 Å². The van der Waals surface area contributed by atoms with Crippen molar-refractivity contribution in [3.8, 4) is 0 Å². The third-order valence-corrected chi connectivity index (χ3v) is 5.38. The lowest BCUT2D eigenvalue weighted by Gasteiger charge is -2.33. The summed E-state index contributed by atoms with van der Waals surface area (Å²) in [5.41, 5.74) is 5.64. The van der Waals surface area contributed by atoms with Crippen LogP contribution in [0.25, 0.3) is 0 Å². The minimum Gasteiger partial charge on any atom is -0.381 e. The maximum Gasteiger partial charge on any atom is 0.317 e. The first-order valence-corrected chi connectivity index (χ1v) is 8.11. The topological polar surface area (TPSA) is 114 Å². The molecule has 0 bridgehead atoms. The second-order valence-corrected chi connectivity index (χ2v) is 6.63. The lowest BCUT2D eigenvalue weighted by Crippen LogP contribution is -2.53. The van der Waals surface area contributed by atoms with Crippen LogP contribution in [0.1, 0.15) is 6.92 Å². The molecule has 1 fully saturated rings. The lowest BCUT2D eigenvalue weighted by atomic mass is 10.4. The molecule has 118 valence electrons. The number of imidazole rings is 1. The lowest BCUT2D eigenvalue weighted by molar-refractivity contribution is 0.172. The highest BCUT2D eigenvalue weighted by Crippen LogP contribution is 2.21. The van der Waals surface area contributed by atoms with E-state index in [-0.39, 0.29) is 30.0 Å². The van der Waals surface area contributed by atoms with Crippen molar-refractivity contribution in [3.05, 3.63) is 6.33 Å². The molecule has 1 aliphatic rings. The first-order valence-electron chi connectivity index (χ1n) is 6.67. The van der Waals surface area contributed by atoms with Crippen molar-refractivity contribution in [1.29, 1.82) is 0 Å². The van der Waals surface area contributed by atoms with E-state index < -0.39 is 10.0 Å². The number of nitrogens with two attached hydrogens (primary N) is 1. The van der Waals surface area contributed by atoms with Gasteiger partial charge in [0.25, 0.3) is 10.0 Å². The fourth-order valence-corrected chi connectivity index (χ4v) is 3.88. The summed E-state index contributed by atoms with van der Waals surface area (Å²) in [6.07, 6.45) is 1.37. The van der Waals surface area contributed by atoms with Crippen molar-refractivity contribution in [3.63, 3.8) is 0 Å². The second kappa shape index (κ2) is 5.90. The van der Waals surface area contributed by atoms with Crippen LogP contribution in [-0.2, 0) is 17.1 Å². The van der Waals surface area contributed by atoms with Crippen LogP contribution in [0.15, 0.2) is 11.4 Å². The predicted molar refractivity (Wildman–Crippen MR) is 77.0 cm³/mol. The van der Waals surface area contributed by atoms with Crippen LogP contribution in [0.3, 0.4) is 0 Å². The summed E-state index contributed by atoms with van der Waals surface area (Å²) in [6.45, 7) is 3.56. The molecule has 0 radical (unpaired) electrons. The fraction of sp³-hybridized carbons (Fsp3) is 0.636. The third-order valence-electron chi connectivity index (χ3n) is 3.35. The van der Waals surface area contributed by atoms with Crippen LogP contribution in [0.4, 0.5) is 10.6 Å². The molecular weight excluding hydrogens is 296 g/mol. The molecule has 0 aliphatic carbocycles. The van der Waals surface area contributed by atoms with Gasteiger partial charge >= 0.3 is 6.03 Å². The first kappa shape index (κ1) is 15.6. The Bertz CT molecular complexity index is 598. The quantitative estimate of drug-likeness (QED) is 0.745. The second-order valence-electron chi connectivity index (χ2n) is 4.77. The minimum atomic E-state index is -3.69. The SMILES string of the molecule is CCNC(=O)N1CCN(S(=O)(=O)c2c(N)ncn2C)CC1. The molecule has 3 N–H and O–H groups in total. The maximum absolute atomic E-state index is 12.6. The summed E-state index contributed by atoms with van der Waals surface area (Å²) >= 11 is 0. The largest absolute Gasteiger partial charge is 0.381 e. The molecule has 2 amide bonds. The van der Waals surface area contributed by atoms with Gasteiger partial charge in [0.2, 0.25) is 0 Å². The van der Waals surface area contributed by atoms with Gasteiger partial charge in [0.1, 0.15) is 0 Å². The van der Waals surface area contributed by atoms with Crippen molar-refractivity contribution in [2.75, 3.05) is 38.5 Å². The van der Waals surface area contributed by atoms with E-state index in [0.29, 0.717) is 19.6 Å². The molecule has 1 aromatic heterocycles. The molecule has 9 nitrogen and oxygen atoms in total. The number of hydrogen-bond donors (Lipinski definition) is 2. The number of sulfonamides is 1. The van der Waals surface area contributed by atoms with Crippen LogP contribution < -0.4 is 11.1 Å². The van der Waals surface area contributed by atoms with Gasteiger partial charge in [-0.1, -0.05) is 0 Å². The van der Waals surface area contributed by atoms with Crippen LogP contribution in [0.2, 0.25) is 0 Å². The number of amides is 2. The molecule has 21 heavy (non-hydrogen) atoms. The Morgan fingerprint density at radius 2 is 2.00 bits per heavy atom. The molecule has 0 saturated carbocycles. The van der Waals surface area contributed by atoms with Gasteiger partial charge in [-0.2, -0.15) is 4.31 Å². The van der Waals surface area contributed by atoms with Crippen molar-refractivity contribution < 1.29 is 13.2 Å². The third kappa shape index (κ3) is 2.95. The van der Waals surface area contributed by atoms with E-state index in [4.69, 9.17) is 5.73 Å². The summed E-state index contributed by atoms with van der Waals surface area (Å²) in [7, 11) is -2.11. The van der Waals surface area contributed by atoms with Crippen molar-refractivity contribution >= 4 is 21.9 Å². The fourth-order valence-electron chi connectivity index (χ4n) is 2.27. The van der Waals surface area contributed by atoms with E-state index in [1.165, 1.54) is 15.2 Å². The highest BCUT2D eigenvalue weighted by atomic mass is 32.2. The average Bonchev–Trinajstić information content (AvgIpc) is 2.79. The Balaban J connectivity index is 2.10. The smallest absolute Gasteiger partial charge is 0.317 e. The molecule has 0 atom stereocenters. The van der Waals surface area contributed by atoms with Crippen molar-refractivity contribution in [1.82, 2.24) is 24.1 Å². The van der Waals surface area contributed by atoms with E-state index in [9.17, 15) is 13.2 Å². The number of nitrogens with one attached hydrogen (secondary N) is 1. The molecular formula is C11H20N6O3S. The molecule has 2 heterocycles. The van der Waals surface area contributed by atoms with Crippen LogP contribution in [0, 0.1) is 0 Å². The standard InChI is InChI=1S/C11H20N6O3S/c1-3-13-11(18)16-4-6-17(7-5-16)21(19,20)10-9(12)14-8-15(10)2/h8H,3-7,12H2,1-2H3,(H,13,18). The Morgan fingerprint density at radius 3 is 2.48 bits per heavy atom. The number of nitrogen functional groups attached to an aromatic ring is 1. The Morgan fingerprint density at radius 1 is 1.38 bits per heavy atom. The summed E-state index contributed by atoms with van der Waals surface area (Å²) in [6, 6.07) is -0.172. The monoisotopic (exact) mass is 316 g/mol. The zero-order chi connectivity index (χ0) is 15.6. The van der Waals surface area contributed by atoms with Crippen LogP contribution in [-0.4, -0.2) is 65.9 Å². The number of rotatable bonds is 3. The Hall–Kier alpha value is -1.81. The number of aryl methyl sites for hydroxylation is 1. The number of hydrogen-bond acceptors (Lipinski definition) is 5. The van der Waals surface area contributed by atoms with Gasteiger partial charge in [0.15, 0.2) is 10.8 Å². The molecule has 2 rings (SSSR count). The van der Waals surface area contributed by atoms with E-state index in [2.05, 4.69) is 10.3 Å². The van der Waals surface area contributed by atoms with E-state index in [1.807, 2.05) is 6.92 Å². The number of urea groups is 1. The zero-order valence-corrected chi connectivity index (χ0v) is 12.9. The molecule has 0 aromatic carbocycles. The van der Waals surface area contributed by atoms with Gasteiger partial charge in [-0.3, -0.25) is 0 Å². The number of carbonyl (C=O) groups is 1. The van der Waals surface area contributed by atoms with Crippen LogP contribution in [0.5, 0.6) is 0 Å². The number of aromatic nitrogens is 2. The molecule has 1 aromatic rings. The highest BCUT2D eigenvalue weighted by molar-refractivity contribution is 7.89. The summed E-state index contributed by atoms with van der Waals surface area (Å²) in [5.74, 6) is -0.0105. The average molecular weight is 316 g/mol. The van der Waals surface area contributed by atoms with Gasteiger partial charge in [0, 0.05) is 39.8 Å². The molecule has 1 aliphatic heterocycles.